The molecule has 0 bridgehead atoms. The predicted octanol–water partition coefficient (Wildman–Crippen LogP) is 1.98. The summed E-state index contributed by atoms with van der Waals surface area (Å²) < 4.78 is 29.8. The lowest BCUT2D eigenvalue weighted by Gasteiger charge is -2.06. The fourth-order valence-corrected chi connectivity index (χ4v) is 1.33. The largest absolute Gasteiger partial charge is 0.461 e. The van der Waals surface area contributed by atoms with Crippen LogP contribution in [0.15, 0.2) is 6.20 Å². The van der Waals surface area contributed by atoms with Gasteiger partial charge in [-0.2, -0.15) is 5.26 Å². The molecule has 0 aliphatic carbocycles. The van der Waals surface area contributed by atoms with Gasteiger partial charge >= 0.3 is 5.97 Å². The number of nitro groups is 1. The van der Waals surface area contributed by atoms with E-state index in [1.807, 2.05) is 0 Å². The number of alkyl halides is 2. The molecular weight excluding hydrogens is 264 g/mol. The van der Waals surface area contributed by atoms with Gasteiger partial charge in [-0.1, -0.05) is 0 Å². The zero-order chi connectivity index (χ0) is 14.6. The van der Waals surface area contributed by atoms with Crippen molar-refractivity contribution in [1.29, 1.82) is 5.26 Å². The van der Waals surface area contributed by atoms with Gasteiger partial charge in [-0.3, -0.25) is 10.1 Å². The third kappa shape index (κ3) is 2.79. The maximum Gasteiger partial charge on any atom is 0.358 e. The summed E-state index contributed by atoms with van der Waals surface area (Å²) in [6.07, 6.45) is -2.69. The van der Waals surface area contributed by atoms with Crippen molar-refractivity contribution in [3.63, 3.8) is 0 Å². The highest BCUT2D eigenvalue weighted by molar-refractivity contribution is 5.91. The first-order valence-corrected chi connectivity index (χ1v) is 4.96. The summed E-state index contributed by atoms with van der Waals surface area (Å²) in [5, 5.41) is 19.6. The van der Waals surface area contributed by atoms with E-state index in [0.717, 1.165) is 0 Å². The van der Waals surface area contributed by atoms with Crippen molar-refractivity contribution in [2.45, 2.75) is 13.3 Å². The Labute approximate surface area is 105 Å². The standard InChI is InChI=1S/C10H7F2N3O4/c1-2-19-10(16)7-5(3-13)8(15(17)18)6(4-14-7)9(11)12/h4,9H,2H2,1H3. The van der Waals surface area contributed by atoms with Crippen molar-refractivity contribution < 1.29 is 23.2 Å². The lowest BCUT2D eigenvalue weighted by Crippen LogP contribution is -2.13. The number of nitriles is 1. The summed E-state index contributed by atoms with van der Waals surface area (Å²) in [4.78, 5) is 24.4. The molecule has 0 fully saturated rings. The minimum absolute atomic E-state index is 0.0459. The molecule has 0 spiro atoms. The second kappa shape index (κ2) is 5.81. The summed E-state index contributed by atoms with van der Waals surface area (Å²) in [6.45, 7) is 1.43. The van der Waals surface area contributed by atoms with Crippen LogP contribution in [0.5, 0.6) is 0 Å². The predicted molar refractivity (Wildman–Crippen MR) is 56.5 cm³/mol. The zero-order valence-electron chi connectivity index (χ0n) is 9.59. The first kappa shape index (κ1) is 14.4. The van der Waals surface area contributed by atoms with Crippen molar-refractivity contribution in [3.05, 3.63) is 33.1 Å². The lowest BCUT2D eigenvalue weighted by molar-refractivity contribution is -0.386. The van der Waals surface area contributed by atoms with Crippen LogP contribution in [-0.4, -0.2) is 22.5 Å². The van der Waals surface area contributed by atoms with Crippen LogP contribution in [0.4, 0.5) is 14.5 Å². The molecular formula is C10H7F2N3O4. The number of pyridine rings is 1. The van der Waals surface area contributed by atoms with Gasteiger partial charge in [0.05, 0.1) is 11.5 Å². The molecule has 0 atom stereocenters. The van der Waals surface area contributed by atoms with Gasteiger partial charge in [0.25, 0.3) is 12.1 Å². The minimum atomic E-state index is -3.18. The number of carbonyl (C=O) groups excluding carboxylic acids is 1. The van der Waals surface area contributed by atoms with Gasteiger partial charge in [0, 0.05) is 6.20 Å². The first-order chi connectivity index (χ1) is 8.93. The number of halogens is 2. The third-order valence-electron chi connectivity index (χ3n) is 2.08. The molecule has 0 aliphatic rings. The van der Waals surface area contributed by atoms with Gasteiger partial charge in [0.15, 0.2) is 11.3 Å². The Bertz CT molecular complexity index is 569. The summed E-state index contributed by atoms with van der Waals surface area (Å²) in [5.41, 5.74) is -3.63. The molecule has 9 heteroatoms. The molecule has 0 radical (unpaired) electrons. The van der Waals surface area contributed by atoms with E-state index in [-0.39, 0.29) is 6.61 Å². The minimum Gasteiger partial charge on any atom is -0.461 e. The van der Waals surface area contributed by atoms with Crippen LogP contribution in [0.1, 0.15) is 35.0 Å². The fourth-order valence-electron chi connectivity index (χ4n) is 1.33. The average molecular weight is 271 g/mol. The second-order valence-electron chi connectivity index (χ2n) is 3.18. The number of rotatable bonds is 4. The molecule has 0 aromatic carbocycles. The monoisotopic (exact) mass is 271 g/mol. The zero-order valence-corrected chi connectivity index (χ0v) is 9.59. The van der Waals surface area contributed by atoms with E-state index in [1.54, 1.807) is 0 Å². The van der Waals surface area contributed by atoms with Gasteiger partial charge < -0.3 is 4.74 Å². The van der Waals surface area contributed by atoms with Gasteiger partial charge in [-0.25, -0.2) is 18.6 Å². The molecule has 1 aromatic rings. The van der Waals surface area contributed by atoms with Crippen LogP contribution in [-0.2, 0) is 4.74 Å². The van der Waals surface area contributed by atoms with Crippen molar-refractivity contribution in [3.8, 4) is 6.07 Å². The Morgan fingerprint density at radius 1 is 1.68 bits per heavy atom. The first-order valence-electron chi connectivity index (χ1n) is 4.96. The molecule has 1 rings (SSSR count). The maximum absolute atomic E-state index is 12.6. The number of carbonyl (C=O) groups is 1. The number of ether oxygens (including phenoxy) is 1. The fraction of sp³-hybridized carbons (Fsp3) is 0.300. The van der Waals surface area contributed by atoms with E-state index in [4.69, 9.17) is 5.26 Å². The van der Waals surface area contributed by atoms with Crippen LogP contribution >= 0.6 is 0 Å². The normalized spacial score (nSPS) is 10.1. The molecule has 0 aliphatic heterocycles. The molecule has 7 nitrogen and oxygen atoms in total. The van der Waals surface area contributed by atoms with Crippen molar-refractivity contribution >= 4 is 11.7 Å². The highest BCUT2D eigenvalue weighted by atomic mass is 19.3. The topological polar surface area (TPSA) is 106 Å². The van der Waals surface area contributed by atoms with Crippen molar-refractivity contribution in [1.82, 2.24) is 4.98 Å². The summed E-state index contributed by atoms with van der Waals surface area (Å²) in [5.74, 6) is -1.08. The van der Waals surface area contributed by atoms with E-state index < -0.39 is 39.8 Å². The van der Waals surface area contributed by atoms with Crippen LogP contribution in [0.25, 0.3) is 0 Å². The summed E-state index contributed by atoms with van der Waals surface area (Å²) >= 11 is 0. The quantitative estimate of drug-likeness (QED) is 0.470. The third-order valence-corrected chi connectivity index (χ3v) is 2.08. The van der Waals surface area contributed by atoms with Crippen LogP contribution in [0, 0.1) is 21.4 Å². The number of nitrogens with zero attached hydrogens (tertiary/aromatic N) is 3. The Balaban J connectivity index is 3.55. The van der Waals surface area contributed by atoms with Crippen LogP contribution < -0.4 is 0 Å². The van der Waals surface area contributed by atoms with E-state index in [0.29, 0.717) is 6.20 Å². The van der Waals surface area contributed by atoms with Gasteiger partial charge in [0.1, 0.15) is 11.6 Å². The Hall–Kier alpha value is -2.63. The Morgan fingerprint density at radius 3 is 2.74 bits per heavy atom. The lowest BCUT2D eigenvalue weighted by atomic mass is 10.1. The van der Waals surface area contributed by atoms with Crippen LogP contribution in [0.2, 0.25) is 0 Å². The number of hydrogen-bond acceptors (Lipinski definition) is 6. The molecule has 0 unspecified atom stereocenters. The molecule has 1 heterocycles. The van der Waals surface area contributed by atoms with E-state index in [1.165, 1.54) is 13.0 Å². The van der Waals surface area contributed by atoms with Gasteiger partial charge in [0.2, 0.25) is 0 Å². The average Bonchev–Trinajstić information content (AvgIpc) is 2.36. The second-order valence-corrected chi connectivity index (χ2v) is 3.18. The number of aromatic nitrogens is 1. The van der Waals surface area contributed by atoms with E-state index in [9.17, 15) is 23.7 Å². The van der Waals surface area contributed by atoms with Crippen molar-refractivity contribution in [2.24, 2.45) is 0 Å². The van der Waals surface area contributed by atoms with E-state index in [2.05, 4.69) is 9.72 Å². The summed E-state index contributed by atoms with van der Waals surface area (Å²) in [7, 11) is 0. The molecule has 0 N–H and O–H groups in total. The molecule has 0 saturated carbocycles. The van der Waals surface area contributed by atoms with Gasteiger partial charge in [-0.05, 0) is 6.92 Å². The Kier molecular flexibility index (Phi) is 4.41. The van der Waals surface area contributed by atoms with E-state index >= 15 is 0 Å². The molecule has 1 aromatic heterocycles. The smallest absolute Gasteiger partial charge is 0.358 e. The number of esters is 1. The highest BCUT2D eigenvalue weighted by Gasteiger charge is 2.31. The molecule has 19 heavy (non-hydrogen) atoms. The Morgan fingerprint density at radius 2 is 2.32 bits per heavy atom. The SMILES string of the molecule is CCOC(=O)c1ncc(C(F)F)c([N+](=O)[O-])c1C#N. The highest BCUT2D eigenvalue weighted by Crippen LogP contribution is 2.32. The molecule has 100 valence electrons. The summed E-state index contributed by atoms with van der Waals surface area (Å²) in [6, 6.07) is 1.34. The molecule has 0 saturated heterocycles. The van der Waals surface area contributed by atoms with Gasteiger partial charge in [-0.15, -0.1) is 0 Å². The van der Waals surface area contributed by atoms with Crippen LogP contribution in [0.3, 0.4) is 0 Å². The molecule has 0 amide bonds. The maximum atomic E-state index is 12.6. The van der Waals surface area contributed by atoms with Crippen molar-refractivity contribution in [2.75, 3.05) is 6.61 Å². The number of hydrogen-bond donors (Lipinski definition) is 0.